The molecule has 1 aromatic carbocycles. The van der Waals surface area contributed by atoms with Gasteiger partial charge in [-0.3, -0.25) is 4.98 Å². The van der Waals surface area contributed by atoms with E-state index in [-0.39, 0.29) is 17.7 Å². The summed E-state index contributed by atoms with van der Waals surface area (Å²) >= 11 is 0. The molecule has 4 heteroatoms. The Bertz CT molecular complexity index is 553. The molecule has 0 aliphatic rings. The second-order valence-electron chi connectivity index (χ2n) is 4.39. The summed E-state index contributed by atoms with van der Waals surface area (Å²) in [7, 11) is 0. The SMILES string of the molecule is CCNC(c1ccc(F)cn1)c1cc(F)ccc1C. The zero-order chi connectivity index (χ0) is 13.8. The van der Waals surface area contributed by atoms with E-state index >= 15 is 0 Å². The highest BCUT2D eigenvalue weighted by Crippen LogP contribution is 2.24. The summed E-state index contributed by atoms with van der Waals surface area (Å²) in [4.78, 5) is 4.08. The molecule has 19 heavy (non-hydrogen) atoms. The minimum Gasteiger partial charge on any atom is -0.305 e. The Balaban J connectivity index is 2.44. The third-order valence-electron chi connectivity index (χ3n) is 3.01. The first-order valence-electron chi connectivity index (χ1n) is 6.22. The number of hydrogen-bond donors (Lipinski definition) is 1. The van der Waals surface area contributed by atoms with Crippen molar-refractivity contribution in [2.24, 2.45) is 0 Å². The van der Waals surface area contributed by atoms with Crippen molar-refractivity contribution in [3.63, 3.8) is 0 Å². The number of rotatable bonds is 4. The van der Waals surface area contributed by atoms with Crippen LogP contribution in [-0.4, -0.2) is 11.5 Å². The number of halogens is 2. The summed E-state index contributed by atoms with van der Waals surface area (Å²) < 4.78 is 26.4. The molecule has 0 saturated carbocycles. The molecule has 1 atom stereocenters. The van der Waals surface area contributed by atoms with Gasteiger partial charge in [0.05, 0.1) is 17.9 Å². The first-order chi connectivity index (χ1) is 9.11. The van der Waals surface area contributed by atoms with E-state index in [1.54, 1.807) is 12.1 Å². The van der Waals surface area contributed by atoms with Gasteiger partial charge in [-0.15, -0.1) is 0 Å². The van der Waals surface area contributed by atoms with E-state index < -0.39 is 0 Å². The van der Waals surface area contributed by atoms with Gasteiger partial charge in [0.25, 0.3) is 0 Å². The largest absolute Gasteiger partial charge is 0.305 e. The number of nitrogens with one attached hydrogen (secondary N) is 1. The quantitative estimate of drug-likeness (QED) is 0.913. The maximum atomic E-state index is 13.4. The Morgan fingerprint density at radius 3 is 2.53 bits per heavy atom. The molecule has 1 heterocycles. The average Bonchev–Trinajstić information content (AvgIpc) is 2.40. The molecule has 1 N–H and O–H groups in total. The van der Waals surface area contributed by atoms with E-state index in [0.29, 0.717) is 12.2 Å². The fraction of sp³-hybridized carbons (Fsp3) is 0.267. The fourth-order valence-corrected chi connectivity index (χ4v) is 2.06. The van der Waals surface area contributed by atoms with E-state index in [0.717, 1.165) is 11.1 Å². The van der Waals surface area contributed by atoms with Crippen LogP contribution in [0.4, 0.5) is 8.78 Å². The van der Waals surface area contributed by atoms with Gasteiger partial charge in [0.2, 0.25) is 0 Å². The van der Waals surface area contributed by atoms with Gasteiger partial charge >= 0.3 is 0 Å². The summed E-state index contributed by atoms with van der Waals surface area (Å²) in [5, 5.41) is 3.25. The fourth-order valence-electron chi connectivity index (χ4n) is 2.06. The highest BCUT2D eigenvalue weighted by Gasteiger charge is 2.17. The smallest absolute Gasteiger partial charge is 0.141 e. The number of nitrogens with zero attached hydrogens (tertiary/aromatic N) is 1. The average molecular weight is 262 g/mol. The first kappa shape index (κ1) is 13.6. The van der Waals surface area contributed by atoms with Gasteiger partial charge in [0.1, 0.15) is 11.6 Å². The highest BCUT2D eigenvalue weighted by molar-refractivity contribution is 5.34. The maximum absolute atomic E-state index is 13.4. The molecule has 2 aromatic rings. The number of hydrogen-bond acceptors (Lipinski definition) is 2. The van der Waals surface area contributed by atoms with Crippen molar-refractivity contribution in [1.29, 1.82) is 0 Å². The number of aryl methyl sites for hydroxylation is 1. The van der Waals surface area contributed by atoms with Crippen LogP contribution in [0.5, 0.6) is 0 Å². The molecule has 2 rings (SSSR count). The lowest BCUT2D eigenvalue weighted by Gasteiger charge is -2.20. The molecule has 0 amide bonds. The van der Waals surface area contributed by atoms with Crippen molar-refractivity contribution in [3.05, 3.63) is 65.0 Å². The molecular weight excluding hydrogens is 246 g/mol. The first-order valence-corrected chi connectivity index (χ1v) is 6.22. The molecule has 1 unspecified atom stereocenters. The molecule has 0 saturated heterocycles. The number of benzene rings is 1. The second kappa shape index (κ2) is 5.89. The van der Waals surface area contributed by atoms with Gasteiger partial charge in [0.15, 0.2) is 0 Å². The highest BCUT2D eigenvalue weighted by atomic mass is 19.1. The Morgan fingerprint density at radius 1 is 1.16 bits per heavy atom. The summed E-state index contributed by atoms with van der Waals surface area (Å²) in [5.41, 5.74) is 2.47. The Kier molecular flexibility index (Phi) is 4.22. The molecule has 0 aliphatic carbocycles. The normalized spacial score (nSPS) is 12.4. The van der Waals surface area contributed by atoms with Crippen LogP contribution in [0.15, 0.2) is 36.5 Å². The third kappa shape index (κ3) is 3.15. The summed E-state index contributed by atoms with van der Waals surface area (Å²) in [6, 6.07) is 7.40. The molecule has 1 aromatic heterocycles. The van der Waals surface area contributed by atoms with Crippen LogP contribution in [0.25, 0.3) is 0 Å². The lowest BCUT2D eigenvalue weighted by molar-refractivity contribution is 0.583. The topological polar surface area (TPSA) is 24.9 Å². The molecule has 0 fully saturated rings. The van der Waals surface area contributed by atoms with Gasteiger partial charge in [-0.2, -0.15) is 0 Å². The zero-order valence-corrected chi connectivity index (χ0v) is 11.0. The molecule has 100 valence electrons. The predicted molar refractivity (Wildman–Crippen MR) is 70.9 cm³/mol. The standard InChI is InChI=1S/C15H16F2N2/c1-3-18-15(14-7-6-12(17)9-19-14)13-8-11(16)5-4-10(13)2/h4-9,15,18H,3H2,1-2H3. The van der Waals surface area contributed by atoms with E-state index in [1.807, 2.05) is 13.8 Å². The van der Waals surface area contributed by atoms with Crippen LogP contribution >= 0.6 is 0 Å². The van der Waals surface area contributed by atoms with Gasteiger partial charge in [-0.05, 0) is 48.9 Å². The third-order valence-corrected chi connectivity index (χ3v) is 3.01. The zero-order valence-electron chi connectivity index (χ0n) is 11.0. The van der Waals surface area contributed by atoms with E-state index in [4.69, 9.17) is 0 Å². The van der Waals surface area contributed by atoms with E-state index in [2.05, 4.69) is 10.3 Å². The van der Waals surface area contributed by atoms with Crippen LogP contribution in [0.2, 0.25) is 0 Å². The Labute approximate surface area is 111 Å². The van der Waals surface area contributed by atoms with Crippen molar-refractivity contribution in [3.8, 4) is 0 Å². The lowest BCUT2D eigenvalue weighted by atomic mass is 9.98. The van der Waals surface area contributed by atoms with Crippen molar-refractivity contribution < 1.29 is 8.78 Å². The monoisotopic (exact) mass is 262 g/mol. The van der Waals surface area contributed by atoms with Crippen LogP contribution in [0, 0.1) is 18.6 Å². The lowest BCUT2D eigenvalue weighted by Crippen LogP contribution is -2.23. The number of pyridine rings is 1. The van der Waals surface area contributed by atoms with Gasteiger partial charge in [0, 0.05) is 0 Å². The van der Waals surface area contributed by atoms with Crippen LogP contribution in [0.3, 0.4) is 0 Å². The molecule has 0 radical (unpaired) electrons. The minimum absolute atomic E-state index is 0.235. The summed E-state index contributed by atoms with van der Waals surface area (Å²) in [6.07, 6.45) is 1.17. The van der Waals surface area contributed by atoms with Gasteiger partial charge in [-0.25, -0.2) is 8.78 Å². The number of aromatic nitrogens is 1. The molecule has 0 spiro atoms. The maximum Gasteiger partial charge on any atom is 0.141 e. The minimum atomic E-state index is -0.380. The van der Waals surface area contributed by atoms with Crippen molar-refractivity contribution in [2.75, 3.05) is 6.54 Å². The van der Waals surface area contributed by atoms with Gasteiger partial charge in [-0.1, -0.05) is 13.0 Å². The van der Waals surface area contributed by atoms with Crippen molar-refractivity contribution >= 4 is 0 Å². The molecule has 2 nitrogen and oxygen atoms in total. The van der Waals surface area contributed by atoms with Crippen molar-refractivity contribution in [1.82, 2.24) is 10.3 Å². The van der Waals surface area contributed by atoms with Crippen LogP contribution < -0.4 is 5.32 Å². The Morgan fingerprint density at radius 2 is 1.89 bits per heavy atom. The second-order valence-corrected chi connectivity index (χ2v) is 4.39. The predicted octanol–water partition coefficient (Wildman–Crippen LogP) is 3.37. The summed E-state index contributed by atoms with van der Waals surface area (Å²) in [6.45, 7) is 4.59. The van der Waals surface area contributed by atoms with Crippen LogP contribution in [-0.2, 0) is 0 Å². The van der Waals surface area contributed by atoms with E-state index in [9.17, 15) is 8.78 Å². The molecule has 0 bridgehead atoms. The summed E-state index contributed by atoms with van der Waals surface area (Å²) in [5.74, 6) is -0.666. The molecular formula is C15H16F2N2. The van der Waals surface area contributed by atoms with Crippen LogP contribution in [0.1, 0.15) is 29.8 Å². The van der Waals surface area contributed by atoms with E-state index in [1.165, 1.54) is 24.4 Å². The Hall–Kier alpha value is -1.81. The molecule has 0 aliphatic heterocycles. The van der Waals surface area contributed by atoms with Crippen molar-refractivity contribution in [2.45, 2.75) is 19.9 Å². The van der Waals surface area contributed by atoms with Gasteiger partial charge < -0.3 is 5.32 Å².